The Labute approximate surface area is 280 Å². The summed E-state index contributed by atoms with van der Waals surface area (Å²) in [5.74, 6) is -2.68. The average molecular weight is 663 g/mol. The molecule has 1 aromatic heterocycles. The maximum absolute atomic E-state index is 14.5. The van der Waals surface area contributed by atoms with E-state index in [2.05, 4.69) is 26.1 Å². The highest BCUT2D eigenvalue weighted by Gasteiger charge is 2.56. The van der Waals surface area contributed by atoms with Crippen LogP contribution in [0.2, 0.25) is 0 Å². The van der Waals surface area contributed by atoms with Crippen LogP contribution in [0.5, 0.6) is 0 Å². The molecule has 5 rings (SSSR count). The van der Waals surface area contributed by atoms with Gasteiger partial charge < -0.3 is 30.4 Å². The van der Waals surface area contributed by atoms with Crippen molar-refractivity contribution in [1.82, 2.24) is 25.8 Å². The van der Waals surface area contributed by atoms with E-state index in [1.807, 2.05) is 58.0 Å². The normalized spacial score (nSPS) is 22.1. The molecule has 1 aromatic carbocycles. The number of rotatable bonds is 10. The second-order valence-corrected chi connectivity index (χ2v) is 14.1. The summed E-state index contributed by atoms with van der Waals surface area (Å²) in [7, 11) is 1.35. The molecule has 1 saturated carbocycles. The van der Waals surface area contributed by atoms with E-state index in [0.717, 1.165) is 36.5 Å². The smallest absolute Gasteiger partial charge is 0.408 e. The molecule has 2 fully saturated rings. The molecule has 1 saturated heterocycles. The highest BCUT2D eigenvalue weighted by molar-refractivity contribution is 6.38. The van der Waals surface area contributed by atoms with Gasteiger partial charge in [-0.3, -0.25) is 24.2 Å². The number of benzene rings is 1. The molecule has 0 unspecified atom stereocenters. The largest absolute Gasteiger partial charge is 0.446 e. The minimum atomic E-state index is -1.08. The van der Waals surface area contributed by atoms with Gasteiger partial charge in [-0.1, -0.05) is 63.5 Å². The zero-order chi connectivity index (χ0) is 34.6. The standard InChI is InChI=1S/C35H46N6O7/c1-6-11-24(28(42)31(44)36-5)38-30(43)26-19-35(18-25(40-48-35)27-23-15-10-7-12-21(23)16-17-37-27)20-41(26)32(45)29(34(2,3)4)39-33(46)47-22-13-8-9-14-22/h7,10,12,15-17,22,24,26,29H,6,8-9,11,13-14,18-20H2,1-5H3,(H,36,44)(H,38,43)(H,39,46)/t24-,26-,29+,35+/m0/s1. The second-order valence-electron chi connectivity index (χ2n) is 14.1. The van der Waals surface area contributed by atoms with Gasteiger partial charge in [-0.05, 0) is 49.0 Å². The van der Waals surface area contributed by atoms with Crippen LogP contribution in [-0.2, 0) is 28.8 Å². The van der Waals surface area contributed by atoms with Gasteiger partial charge in [0, 0.05) is 31.5 Å². The number of Topliss-reactive ketones (excluding diaryl/α,β-unsaturated/α-hetero) is 1. The van der Waals surface area contributed by atoms with Crippen molar-refractivity contribution in [3.05, 3.63) is 42.2 Å². The number of oxime groups is 1. The molecule has 13 nitrogen and oxygen atoms in total. The van der Waals surface area contributed by atoms with Crippen molar-refractivity contribution in [2.45, 2.75) is 109 Å². The summed E-state index contributed by atoms with van der Waals surface area (Å²) < 4.78 is 5.63. The number of aromatic nitrogens is 1. The van der Waals surface area contributed by atoms with E-state index < -0.39 is 58.7 Å². The molecule has 1 aliphatic carbocycles. The number of likely N-dealkylation sites (N-methyl/N-ethyl adjacent to an activating group) is 1. The molecule has 3 N–H and O–H groups in total. The molecule has 2 aromatic rings. The van der Waals surface area contributed by atoms with Gasteiger partial charge in [0.25, 0.3) is 5.91 Å². The van der Waals surface area contributed by atoms with Gasteiger partial charge in [0.2, 0.25) is 17.6 Å². The third-order valence-electron chi connectivity index (χ3n) is 9.38. The minimum Gasteiger partial charge on any atom is -0.446 e. The third kappa shape index (κ3) is 7.44. The fourth-order valence-corrected chi connectivity index (χ4v) is 6.84. The number of nitrogens with one attached hydrogen (secondary N) is 3. The Kier molecular flexibility index (Phi) is 10.4. The van der Waals surface area contributed by atoms with Crippen LogP contribution < -0.4 is 16.0 Å². The van der Waals surface area contributed by atoms with E-state index in [0.29, 0.717) is 17.8 Å². The molecule has 1 spiro atoms. The van der Waals surface area contributed by atoms with Gasteiger partial charge in [-0.15, -0.1) is 0 Å². The van der Waals surface area contributed by atoms with Crippen molar-refractivity contribution >= 4 is 46.1 Å². The number of hydrogen-bond acceptors (Lipinski definition) is 9. The molecule has 3 heterocycles. The van der Waals surface area contributed by atoms with Crippen LogP contribution in [0.25, 0.3) is 10.8 Å². The van der Waals surface area contributed by atoms with Gasteiger partial charge in [0.05, 0.1) is 18.3 Å². The SMILES string of the molecule is CCC[C@H](NC(=O)[C@@H]1C[C@]2(CC(c3nccc4ccccc34)=NO2)CN1C(=O)[C@@H](NC(=O)OC1CCCC1)C(C)(C)C)C(=O)C(=O)NC. The number of hydrogen-bond donors (Lipinski definition) is 3. The van der Waals surface area contributed by atoms with E-state index in [4.69, 9.17) is 9.57 Å². The lowest BCUT2D eigenvalue weighted by molar-refractivity contribution is -0.144. The van der Waals surface area contributed by atoms with E-state index in [1.54, 1.807) is 6.20 Å². The maximum Gasteiger partial charge on any atom is 0.408 e. The summed E-state index contributed by atoms with van der Waals surface area (Å²) in [4.78, 5) is 78.7. The molecule has 4 atom stereocenters. The first-order valence-electron chi connectivity index (χ1n) is 16.8. The zero-order valence-electron chi connectivity index (χ0n) is 28.3. The van der Waals surface area contributed by atoms with E-state index in [1.165, 1.54) is 11.9 Å². The van der Waals surface area contributed by atoms with Crippen LogP contribution in [-0.4, -0.2) is 88.6 Å². The molecule has 2 aliphatic heterocycles. The van der Waals surface area contributed by atoms with E-state index >= 15 is 0 Å². The molecule has 13 heteroatoms. The fraction of sp³-hybridized carbons (Fsp3) is 0.571. The van der Waals surface area contributed by atoms with Crippen molar-refractivity contribution in [1.29, 1.82) is 0 Å². The number of pyridine rings is 1. The predicted octanol–water partition coefficient (Wildman–Crippen LogP) is 3.38. The predicted molar refractivity (Wildman–Crippen MR) is 178 cm³/mol. The first-order valence-corrected chi connectivity index (χ1v) is 16.8. The lowest BCUT2D eigenvalue weighted by Crippen LogP contribution is -2.59. The van der Waals surface area contributed by atoms with Crippen LogP contribution in [0.1, 0.15) is 84.8 Å². The van der Waals surface area contributed by atoms with Gasteiger partial charge in [0.15, 0.2) is 5.60 Å². The molecule has 0 bridgehead atoms. The van der Waals surface area contributed by atoms with E-state index in [-0.39, 0.29) is 31.9 Å². The van der Waals surface area contributed by atoms with Crippen LogP contribution in [0.3, 0.4) is 0 Å². The Morgan fingerprint density at radius 1 is 1.08 bits per heavy atom. The van der Waals surface area contributed by atoms with Gasteiger partial charge in [-0.25, -0.2) is 4.79 Å². The molecular weight excluding hydrogens is 616 g/mol. The van der Waals surface area contributed by atoms with Crippen molar-refractivity contribution in [2.24, 2.45) is 10.6 Å². The lowest BCUT2D eigenvalue weighted by atomic mass is 9.85. The molecule has 3 aliphatic rings. The summed E-state index contributed by atoms with van der Waals surface area (Å²) in [5.41, 5.74) is -0.583. The number of carbonyl (C=O) groups excluding carboxylic acids is 5. The molecule has 48 heavy (non-hydrogen) atoms. The number of ether oxygens (including phenoxy) is 1. The monoisotopic (exact) mass is 662 g/mol. The molecule has 0 radical (unpaired) electrons. The Hall–Kier alpha value is -4.55. The summed E-state index contributed by atoms with van der Waals surface area (Å²) in [6.45, 7) is 7.31. The molecule has 258 valence electrons. The Balaban J connectivity index is 1.43. The zero-order valence-corrected chi connectivity index (χ0v) is 28.3. The fourth-order valence-electron chi connectivity index (χ4n) is 6.84. The molecular formula is C35H46N6O7. The first-order chi connectivity index (χ1) is 22.9. The number of nitrogens with zero attached hydrogens (tertiary/aromatic N) is 3. The van der Waals surface area contributed by atoms with Gasteiger partial charge in [0.1, 0.15) is 23.9 Å². The Bertz CT molecular complexity index is 1590. The number of amides is 4. The minimum absolute atomic E-state index is 0.00451. The Morgan fingerprint density at radius 3 is 2.50 bits per heavy atom. The molecule has 4 amide bonds. The first kappa shape index (κ1) is 34.8. The summed E-state index contributed by atoms with van der Waals surface area (Å²) in [5, 5.41) is 14.1. The van der Waals surface area contributed by atoms with Crippen molar-refractivity contribution < 1.29 is 33.5 Å². The van der Waals surface area contributed by atoms with Crippen molar-refractivity contribution in [2.75, 3.05) is 13.6 Å². The summed E-state index contributed by atoms with van der Waals surface area (Å²) in [6.07, 6.45) is 5.43. The number of carbonyl (C=O) groups is 5. The quantitative estimate of drug-likeness (QED) is 0.326. The number of alkyl carbamates (subject to hydrolysis) is 1. The van der Waals surface area contributed by atoms with E-state index in [9.17, 15) is 24.0 Å². The van der Waals surface area contributed by atoms with Crippen LogP contribution in [0, 0.1) is 5.41 Å². The summed E-state index contributed by atoms with van der Waals surface area (Å²) >= 11 is 0. The van der Waals surface area contributed by atoms with Crippen LogP contribution in [0.4, 0.5) is 4.79 Å². The second kappa shape index (κ2) is 14.3. The summed E-state index contributed by atoms with van der Waals surface area (Å²) in [6, 6.07) is 6.49. The van der Waals surface area contributed by atoms with Crippen LogP contribution in [0.15, 0.2) is 41.7 Å². The Morgan fingerprint density at radius 2 is 1.81 bits per heavy atom. The van der Waals surface area contributed by atoms with Crippen molar-refractivity contribution in [3.8, 4) is 0 Å². The number of ketones is 1. The van der Waals surface area contributed by atoms with Crippen molar-refractivity contribution in [3.63, 3.8) is 0 Å². The van der Waals surface area contributed by atoms with Crippen LogP contribution >= 0.6 is 0 Å². The lowest BCUT2D eigenvalue weighted by Gasteiger charge is -2.35. The third-order valence-corrected chi connectivity index (χ3v) is 9.38. The number of fused-ring (bicyclic) bond motifs is 1. The topological polar surface area (TPSA) is 168 Å². The number of likely N-dealkylation sites (tertiary alicyclic amines) is 1. The highest BCUT2D eigenvalue weighted by atomic mass is 16.7. The average Bonchev–Trinajstić information content (AvgIpc) is 3.82. The highest BCUT2D eigenvalue weighted by Crippen LogP contribution is 2.40. The van der Waals surface area contributed by atoms with Gasteiger partial charge >= 0.3 is 6.09 Å². The maximum atomic E-state index is 14.5. The van der Waals surface area contributed by atoms with Gasteiger partial charge in [-0.2, -0.15) is 0 Å².